The number of hydrogen-bond acceptors (Lipinski definition) is 2. The van der Waals surface area contributed by atoms with Crippen LogP contribution in [0.4, 0.5) is 42.5 Å². The van der Waals surface area contributed by atoms with Crippen LogP contribution in [0.2, 0.25) is 10.0 Å². The van der Waals surface area contributed by atoms with Gasteiger partial charge in [0, 0.05) is 16.4 Å². The molecule has 0 aromatic heterocycles. The van der Waals surface area contributed by atoms with Crippen molar-refractivity contribution in [1.29, 1.82) is 0 Å². The van der Waals surface area contributed by atoms with Crippen LogP contribution in [0.25, 0.3) is 0 Å². The largest absolute Gasteiger partial charge is 0.456 e. The van der Waals surface area contributed by atoms with Gasteiger partial charge >= 0.3 is 18.4 Å². The van der Waals surface area contributed by atoms with Gasteiger partial charge in [-0.2, -0.15) is 26.3 Å². The van der Waals surface area contributed by atoms with Crippen LogP contribution in [-0.2, 0) is 12.4 Å². The maximum absolute atomic E-state index is 12.9. The van der Waals surface area contributed by atoms with Crippen LogP contribution in [0, 0.1) is 0 Å². The molecular formula is C21H12Cl2F6N2O2. The molecule has 0 saturated heterocycles. The average Bonchev–Trinajstić information content (AvgIpc) is 2.70. The minimum absolute atomic E-state index is 0.0394. The van der Waals surface area contributed by atoms with Crippen molar-refractivity contribution >= 4 is 40.6 Å². The van der Waals surface area contributed by atoms with Gasteiger partial charge in [0.05, 0.1) is 16.1 Å². The van der Waals surface area contributed by atoms with E-state index in [2.05, 4.69) is 5.32 Å². The van der Waals surface area contributed by atoms with E-state index in [1.165, 1.54) is 18.2 Å². The molecule has 3 aromatic carbocycles. The number of amides is 2. The highest BCUT2D eigenvalue weighted by Gasteiger charge is 2.37. The monoisotopic (exact) mass is 508 g/mol. The number of carbonyl (C=O) groups is 1. The highest BCUT2D eigenvalue weighted by molar-refractivity contribution is 6.32. The summed E-state index contributed by atoms with van der Waals surface area (Å²) < 4.78 is 83.3. The van der Waals surface area contributed by atoms with Crippen molar-refractivity contribution in [1.82, 2.24) is 0 Å². The lowest BCUT2D eigenvalue weighted by molar-refractivity contribution is -0.143. The summed E-state index contributed by atoms with van der Waals surface area (Å²) in [5.41, 5.74) is -3.69. The van der Waals surface area contributed by atoms with Gasteiger partial charge in [-0.25, -0.2) is 4.79 Å². The lowest BCUT2D eigenvalue weighted by atomic mass is 10.1. The molecule has 174 valence electrons. The Balaban J connectivity index is 1.74. The Morgan fingerprint density at radius 2 is 1.27 bits per heavy atom. The summed E-state index contributed by atoms with van der Waals surface area (Å²) in [5, 5.41) is 4.82. The maximum Gasteiger partial charge on any atom is 0.416 e. The molecule has 0 unspecified atom stereocenters. The van der Waals surface area contributed by atoms with E-state index in [1.54, 1.807) is 24.3 Å². The third-order valence-corrected chi connectivity index (χ3v) is 4.62. The number of halogens is 8. The number of carbonyl (C=O) groups excluding carboxylic acids is 1. The molecule has 0 aliphatic rings. The van der Waals surface area contributed by atoms with Crippen LogP contribution in [0.3, 0.4) is 0 Å². The van der Waals surface area contributed by atoms with Crippen LogP contribution in [0.5, 0.6) is 11.5 Å². The van der Waals surface area contributed by atoms with Crippen molar-refractivity contribution in [3.05, 3.63) is 81.8 Å². The van der Waals surface area contributed by atoms with Crippen molar-refractivity contribution in [2.24, 2.45) is 0 Å². The van der Waals surface area contributed by atoms with Crippen LogP contribution < -0.4 is 15.4 Å². The van der Waals surface area contributed by atoms with Gasteiger partial charge in [-0.3, -0.25) is 0 Å². The molecule has 33 heavy (non-hydrogen) atoms. The molecule has 0 aliphatic heterocycles. The standard InChI is InChI=1S/C21H12Cl2F6N2O2/c22-13-1-4-16(5-2-13)33-18-6-3-14(10-17(18)23)30-19(32)31-15-8-11(20(24,25)26)7-12(9-15)21(27,28)29/h1-10H,(H2,30,31,32). The zero-order chi connectivity index (χ0) is 24.4. The zero-order valence-corrected chi connectivity index (χ0v) is 17.6. The third-order valence-electron chi connectivity index (χ3n) is 4.08. The predicted octanol–water partition coefficient (Wildman–Crippen LogP) is 8.47. The van der Waals surface area contributed by atoms with Gasteiger partial charge in [-0.1, -0.05) is 23.2 Å². The van der Waals surface area contributed by atoms with E-state index in [1.807, 2.05) is 5.32 Å². The van der Waals surface area contributed by atoms with E-state index in [0.717, 1.165) is 0 Å². The molecule has 2 amide bonds. The number of urea groups is 1. The topological polar surface area (TPSA) is 50.4 Å². The number of ether oxygens (including phenoxy) is 1. The number of rotatable bonds is 4. The third kappa shape index (κ3) is 6.69. The number of benzene rings is 3. The Labute approximate surface area is 193 Å². The van der Waals surface area contributed by atoms with Crippen LogP contribution in [0.15, 0.2) is 60.7 Å². The Kier molecular flexibility index (Phi) is 6.99. The number of alkyl halides is 6. The first kappa shape index (κ1) is 24.5. The molecule has 0 atom stereocenters. The predicted molar refractivity (Wildman–Crippen MR) is 112 cm³/mol. The van der Waals surface area contributed by atoms with Gasteiger partial charge < -0.3 is 15.4 Å². The Bertz CT molecular complexity index is 1130. The van der Waals surface area contributed by atoms with E-state index in [4.69, 9.17) is 27.9 Å². The van der Waals surface area contributed by atoms with Gasteiger partial charge in [-0.05, 0) is 60.7 Å². The van der Waals surface area contributed by atoms with Crippen molar-refractivity contribution in [2.75, 3.05) is 10.6 Å². The molecule has 0 saturated carbocycles. The lowest BCUT2D eigenvalue weighted by Gasteiger charge is -2.15. The first-order valence-corrected chi connectivity index (χ1v) is 9.67. The van der Waals surface area contributed by atoms with E-state index in [9.17, 15) is 31.1 Å². The number of nitrogens with one attached hydrogen (secondary N) is 2. The van der Waals surface area contributed by atoms with Crippen LogP contribution in [0.1, 0.15) is 11.1 Å². The molecular weight excluding hydrogens is 497 g/mol. The molecule has 3 aromatic rings. The Morgan fingerprint density at radius 1 is 0.727 bits per heavy atom. The van der Waals surface area contributed by atoms with Crippen LogP contribution >= 0.6 is 23.2 Å². The van der Waals surface area contributed by atoms with Crippen molar-refractivity contribution in [3.63, 3.8) is 0 Å². The fourth-order valence-electron chi connectivity index (χ4n) is 2.61. The molecule has 0 fully saturated rings. The zero-order valence-electron chi connectivity index (χ0n) is 16.1. The second-order valence-corrected chi connectivity index (χ2v) is 7.42. The molecule has 0 spiro atoms. The van der Waals surface area contributed by atoms with Gasteiger partial charge in [0.1, 0.15) is 11.5 Å². The fourth-order valence-corrected chi connectivity index (χ4v) is 2.96. The smallest absolute Gasteiger partial charge is 0.416 e. The molecule has 4 nitrogen and oxygen atoms in total. The molecule has 3 rings (SSSR count). The van der Waals surface area contributed by atoms with E-state index < -0.39 is 35.2 Å². The summed E-state index contributed by atoms with van der Waals surface area (Å²) in [6.07, 6.45) is -10.1. The van der Waals surface area contributed by atoms with Crippen LogP contribution in [-0.4, -0.2) is 6.03 Å². The Hall–Kier alpha value is -3.11. The van der Waals surface area contributed by atoms with Gasteiger partial charge in [-0.15, -0.1) is 0 Å². The molecule has 12 heteroatoms. The fraction of sp³-hybridized carbons (Fsp3) is 0.0952. The number of hydrogen-bond donors (Lipinski definition) is 2. The minimum atomic E-state index is -5.04. The average molecular weight is 509 g/mol. The summed E-state index contributed by atoms with van der Waals surface area (Å²) in [7, 11) is 0. The molecule has 2 N–H and O–H groups in total. The molecule has 0 aliphatic carbocycles. The summed E-state index contributed by atoms with van der Waals surface area (Å²) in [6.45, 7) is 0. The van der Waals surface area contributed by atoms with E-state index in [0.29, 0.717) is 22.9 Å². The van der Waals surface area contributed by atoms with Crippen molar-refractivity contribution < 1.29 is 35.9 Å². The first-order chi connectivity index (χ1) is 15.3. The van der Waals surface area contributed by atoms with Gasteiger partial charge in [0.15, 0.2) is 0 Å². The second kappa shape index (κ2) is 9.40. The van der Waals surface area contributed by atoms with Gasteiger partial charge in [0.25, 0.3) is 0 Å². The first-order valence-electron chi connectivity index (χ1n) is 8.92. The number of anilines is 2. The van der Waals surface area contributed by atoms with Crippen molar-refractivity contribution in [2.45, 2.75) is 12.4 Å². The maximum atomic E-state index is 12.9. The van der Waals surface area contributed by atoms with E-state index >= 15 is 0 Å². The summed E-state index contributed by atoms with van der Waals surface area (Å²) >= 11 is 11.9. The summed E-state index contributed by atoms with van der Waals surface area (Å²) in [6, 6.07) is 10.2. The molecule has 0 heterocycles. The minimum Gasteiger partial charge on any atom is -0.456 e. The molecule has 0 radical (unpaired) electrons. The normalized spacial score (nSPS) is 11.8. The second-order valence-electron chi connectivity index (χ2n) is 6.57. The Morgan fingerprint density at radius 3 is 1.79 bits per heavy atom. The highest BCUT2D eigenvalue weighted by atomic mass is 35.5. The highest BCUT2D eigenvalue weighted by Crippen LogP contribution is 2.38. The SMILES string of the molecule is O=C(Nc1cc(C(F)(F)F)cc(C(F)(F)F)c1)Nc1ccc(Oc2ccc(Cl)cc2)c(Cl)c1. The summed E-state index contributed by atoms with van der Waals surface area (Å²) in [4.78, 5) is 12.2. The molecule has 0 bridgehead atoms. The quantitative estimate of drug-likeness (QED) is 0.347. The van der Waals surface area contributed by atoms with E-state index in [-0.39, 0.29) is 22.5 Å². The van der Waals surface area contributed by atoms with Crippen molar-refractivity contribution in [3.8, 4) is 11.5 Å². The van der Waals surface area contributed by atoms with Gasteiger partial charge in [0.2, 0.25) is 0 Å². The lowest BCUT2D eigenvalue weighted by Crippen LogP contribution is -2.20. The summed E-state index contributed by atoms with van der Waals surface area (Å²) in [5.74, 6) is 0.669.